The summed E-state index contributed by atoms with van der Waals surface area (Å²) in [5.41, 5.74) is 2.16. The molecule has 7 heteroatoms. The molecule has 0 saturated heterocycles. The minimum atomic E-state index is -0.598. The lowest BCUT2D eigenvalue weighted by molar-refractivity contribution is -0.122. The molecule has 2 aromatic carbocycles. The van der Waals surface area contributed by atoms with E-state index < -0.39 is 12.1 Å². The van der Waals surface area contributed by atoms with E-state index in [1.54, 1.807) is 18.2 Å². The lowest BCUT2D eigenvalue weighted by Crippen LogP contribution is -2.49. The SMILES string of the molecule is CCNC(=O)C1Cc2ccccc2N1C(=O)Nc1cccc(OC)c1OC. The fourth-order valence-corrected chi connectivity index (χ4v) is 3.30. The number of amides is 3. The van der Waals surface area contributed by atoms with E-state index in [0.717, 1.165) is 11.3 Å². The summed E-state index contributed by atoms with van der Waals surface area (Å²) in [6.45, 7) is 2.36. The Morgan fingerprint density at radius 2 is 1.89 bits per heavy atom. The van der Waals surface area contributed by atoms with Crippen LogP contribution in [0.4, 0.5) is 16.2 Å². The van der Waals surface area contributed by atoms with Crippen molar-refractivity contribution < 1.29 is 19.1 Å². The molecule has 142 valence electrons. The van der Waals surface area contributed by atoms with E-state index in [1.165, 1.54) is 19.1 Å². The Bertz CT molecular complexity index is 853. The van der Waals surface area contributed by atoms with E-state index in [-0.39, 0.29) is 5.91 Å². The van der Waals surface area contributed by atoms with Crippen molar-refractivity contribution in [1.82, 2.24) is 5.32 Å². The number of anilines is 2. The highest BCUT2D eigenvalue weighted by Crippen LogP contribution is 2.37. The zero-order chi connectivity index (χ0) is 19.4. The molecule has 2 N–H and O–H groups in total. The molecule has 2 aromatic rings. The molecule has 1 unspecified atom stereocenters. The number of urea groups is 1. The van der Waals surface area contributed by atoms with Crippen LogP contribution < -0.4 is 25.0 Å². The molecule has 0 aromatic heterocycles. The smallest absolute Gasteiger partial charge is 0.327 e. The van der Waals surface area contributed by atoms with Gasteiger partial charge in [-0.05, 0) is 30.7 Å². The van der Waals surface area contributed by atoms with Gasteiger partial charge in [0.05, 0.1) is 19.9 Å². The molecule has 0 radical (unpaired) electrons. The van der Waals surface area contributed by atoms with Crippen LogP contribution in [0.5, 0.6) is 11.5 Å². The fraction of sp³-hybridized carbons (Fsp3) is 0.300. The predicted molar refractivity (Wildman–Crippen MR) is 104 cm³/mol. The molecule has 1 aliphatic heterocycles. The van der Waals surface area contributed by atoms with Gasteiger partial charge in [-0.1, -0.05) is 24.3 Å². The van der Waals surface area contributed by atoms with Crippen LogP contribution in [0.2, 0.25) is 0 Å². The van der Waals surface area contributed by atoms with Crippen LogP contribution >= 0.6 is 0 Å². The van der Waals surface area contributed by atoms with Crippen molar-refractivity contribution in [3.05, 3.63) is 48.0 Å². The number of benzene rings is 2. The van der Waals surface area contributed by atoms with Crippen molar-refractivity contribution in [3.63, 3.8) is 0 Å². The van der Waals surface area contributed by atoms with E-state index >= 15 is 0 Å². The minimum Gasteiger partial charge on any atom is -0.493 e. The van der Waals surface area contributed by atoms with Crippen LogP contribution in [0.15, 0.2) is 42.5 Å². The van der Waals surface area contributed by atoms with E-state index in [1.807, 2.05) is 31.2 Å². The first-order valence-electron chi connectivity index (χ1n) is 8.77. The molecule has 1 heterocycles. The van der Waals surface area contributed by atoms with Crippen LogP contribution in [-0.2, 0) is 11.2 Å². The number of methoxy groups -OCH3 is 2. The Morgan fingerprint density at radius 1 is 1.11 bits per heavy atom. The molecule has 0 saturated carbocycles. The summed E-state index contributed by atoms with van der Waals surface area (Å²) >= 11 is 0. The number of carbonyl (C=O) groups excluding carboxylic acids is 2. The van der Waals surface area contributed by atoms with Gasteiger partial charge in [0.1, 0.15) is 6.04 Å². The highest BCUT2D eigenvalue weighted by Gasteiger charge is 2.38. The zero-order valence-electron chi connectivity index (χ0n) is 15.6. The fourth-order valence-electron chi connectivity index (χ4n) is 3.30. The molecule has 7 nitrogen and oxygen atoms in total. The summed E-state index contributed by atoms with van der Waals surface area (Å²) in [7, 11) is 3.04. The normalized spacial score (nSPS) is 15.1. The van der Waals surface area contributed by atoms with Crippen molar-refractivity contribution in [3.8, 4) is 11.5 Å². The largest absolute Gasteiger partial charge is 0.493 e. The molecule has 0 bridgehead atoms. The van der Waals surface area contributed by atoms with Crippen LogP contribution in [0.25, 0.3) is 0 Å². The molecule has 27 heavy (non-hydrogen) atoms. The topological polar surface area (TPSA) is 79.9 Å². The first-order valence-corrected chi connectivity index (χ1v) is 8.77. The van der Waals surface area contributed by atoms with E-state index in [2.05, 4.69) is 10.6 Å². The summed E-state index contributed by atoms with van der Waals surface area (Å²) in [6, 6.07) is 11.8. The molecule has 1 aliphatic rings. The van der Waals surface area contributed by atoms with Crippen molar-refractivity contribution in [2.24, 2.45) is 0 Å². The van der Waals surface area contributed by atoms with Gasteiger partial charge in [0.25, 0.3) is 0 Å². The van der Waals surface area contributed by atoms with E-state index in [9.17, 15) is 9.59 Å². The number of ether oxygens (including phenoxy) is 2. The maximum atomic E-state index is 13.1. The predicted octanol–water partition coefficient (Wildman–Crippen LogP) is 2.80. The average Bonchev–Trinajstić information content (AvgIpc) is 3.07. The van der Waals surface area contributed by atoms with Crippen molar-refractivity contribution in [2.75, 3.05) is 31.0 Å². The lowest BCUT2D eigenvalue weighted by atomic mass is 10.1. The second-order valence-corrected chi connectivity index (χ2v) is 6.08. The molecule has 3 amide bonds. The Labute approximate surface area is 158 Å². The summed E-state index contributed by atoms with van der Waals surface area (Å²) in [5.74, 6) is 0.759. The molecule has 0 fully saturated rings. The van der Waals surface area contributed by atoms with Crippen molar-refractivity contribution >= 4 is 23.3 Å². The number of nitrogens with one attached hydrogen (secondary N) is 2. The summed E-state index contributed by atoms with van der Waals surface area (Å²) in [4.78, 5) is 27.1. The summed E-state index contributed by atoms with van der Waals surface area (Å²) in [5, 5.41) is 5.65. The van der Waals surface area contributed by atoms with E-state index in [0.29, 0.717) is 30.2 Å². The third kappa shape index (κ3) is 3.53. The Kier molecular flexibility index (Phi) is 5.49. The van der Waals surface area contributed by atoms with Gasteiger partial charge < -0.3 is 20.1 Å². The number of likely N-dealkylation sites (N-methyl/N-ethyl adjacent to an activating group) is 1. The van der Waals surface area contributed by atoms with Crippen LogP contribution in [-0.4, -0.2) is 38.7 Å². The lowest BCUT2D eigenvalue weighted by Gasteiger charge is -2.25. The van der Waals surface area contributed by atoms with Gasteiger partial charge in [-0.3, -0.25) is 9.69 Å². The second-order valence-electron chi connectivity index (χ2n) is 6.08. The first kappa shape index (κ1) is 18.6. The Morgan fingerprint density at radius 3 is 2.59 bits per heavy atom. The third-order valence-corrected chi connectivity index (χ3v) is 4.49. The first-order chi connectivity index (χ1) is 13.1. The van der Waals surface area contributed by atoms with E-state index in [4.69, 9.17) is 9.47 Å². The maximum absolute atomic E-state index is 13.1. The molecular formula is C20H23N3O4. The van der Waals surface area contributed by atoms with Gasteiger partial charge in [0.15, 0.2) is 11.5 Å². The number of fused-ring (bicyclic) bond motifs is 1. The average molecular weight is 369 g/mol. The highest BCUT2D eigenvalue weighted by molar-refractivity contribution is 6.09. The van der Waals surface area contributed by atoms with Crippen LogP contribution in [0, 0.1) is 0 Å². The van der Waals surface area contributed by atoms with Crippen molar-refractivity contribution in [2.45, 2.75) is 19.4 Å². The maximum Gasteiger partial charge on any atom is 0.327 e. The third-order valence-electron chi connectivity index (χ3n) is 4.49. The molecule has 0 aliphatic carbocycles. The Hall–Kier alpha value is -3.22. The highest BCUT2D eigenvalue weighted by atomic mass is 16.5. The van der Waals surface area contributed by atoms with Gasteiger partial charge in [0, 0.05) is 18.7 Å². The quantitative estimate of drug-likeness (QED) is 0.849. The second kappa shape index (κ2) is 7.99. The standard InChI is InChI=1S/C20H23N3O4/c1-4-21-19(24)16-12-13-8-5-6-10-15(13)23(16)20(25)22-14-9-7-11-17(26-2)18(14)27-3/h5-11,16H,4,12H2,1-3H3,(H,21,24)(H,22,25). The van der Waals surface area contributed by atoms with Gasteiger partial charge in [0.2, 0.25) is 5.91 Å². The number of hydrogen-bond donors (Lipinski definition) is 2. The van der Waals surface area contributed by atoms with Crippen molar-refractivity contribution in [1.29, 1.82) is 0 Å². The number of para-hydroxylation sites is 2. The number of carbonyl (C=O) groups is 2. The van der Waals surface area contributed by atoms with Gasteiger partial charge in [-0.15, -0.1) is 0 Å². The zero-order valence-corrected chi connectivity index (χ0v) is 15.6. The summed E-state index contributed by atoms with van der Waals surface area (Å²) in [6.07, 6.45) is 0.477. The monoisotopic (exact) mass is 369 g/mol. The Balaban J connectivity index is 1.93. The summed E-state index contributed by atoms with van der Waals surface area (Å²) < 4.78 is 10.7. The molecule has 0 spiro atoms. The number of rotatable bonds is 5. The van der Waals surface area contributed by atoms with Crippen LogP contribution in [0.1, 0.15) is 12.5 Å². The molecule has 1 atom stereocenters. The number of nitrogens with zero attached hydrogens (tertiary/aromatic N) is 1. The molecular weight excluding hydrogens is 346 g/mol. The van der Waals surface area contributed by atoms with Crippen LogP contribution in [0.3, 0.4) is 0 Å². The minimum absolute atomic E-state index is 0.179. The van der Waals surface area contributed by atoms with Gasteiger partial charge >= 0.3 is 6.03 Å². The van der Waals surface area contributed by atoms with Gasteiger partial charge in [-0.25, -0.2) is 4.79 Å². The number of hydrogen-bond acceptors (Lipinski definition) is 4. The van der Waals surface area contributed by atoms with Gasteiger partial charge in [-0.2, -0.15) is 0 Å². The molecule has 3 rings (SSSR count).